The SMILES string of the molecule is COc1cccc(-c2nccc(C3CCCN3C(=O)c3ccccc3CN3CCCCC3)n2)c1. The summed E-state index contributed by atoms with van der Waals surface area (Å²) in [7, 11) is 1.65. The molecule has 0 N–H and O–H groups in total. The zero-order valence-electron chi connectivity index (χ0n) is 19.8. The van der Waals surface area contributed by atoms with E-state index in [-0.39, 0.29) is 11.9 Å². The van der Waals surface area contributed by atoms with Crippen LogP contribution in [0.5, 0.6) is 5.75 Å². The summed E-state index contributed by atoms with van der Waals surface area (Å²) in [5.74, 6) is 1.53. The van der Waals surface area contributed by atoms with Gasteiger partial charge in [0.2, 0.25) is 0 Å². The van der Waals surface area contributed by atoms with E-state index in [1.54, 1.807) is 13.3 Å². The lowest BCUT2D eigenvalue weighted by Crippen LogP contribution is -2.33. The molecule has 0 aliphatic carbocycles. The minimum absolute atomic E-state index is 0.0390. The van der Waals surface area contributed by atoms with E-state index in [0.29, 0.717) is 5.82 Å². The van der Waals surface area contributed by atoms with Gasteiger partial charge in [-0.05, 0) is 68.6 Å². The second-order valence-electron chi connectivity index (χ2n) is 9.19. The van der Waals surface area contributed by atoms with Crippen LogP contribution in [0.15, 0.2) is 60.8 Å². The average molecular weight is 457 g/mol. The molecule has 2 saturated heterocycles. The van der Waals surface area contributed by atoms with Crippen LogP contribution in [0, 0.1) is 0 Å². The highest BCUT2D eigenvalue weighted by Crippen LogP contribution is 2.34. The van der Waals surface area contributed by atoms with Crippen molar-refractivity contribution in [2.75, 3.05) is 26.7 Å². The number of hydrogen-bond donors (Lipinski definition) is 0. The van der Waals surface area contributed by atoms with Crippen LogP contribution in [0.3, 0.4) is 0 Å². The first kappa shape index (κ1) is 22.5. The van der Waals surface area contributed by atoms with Gasteiger partial charge in [0.15, 0.2) is 5.82 Å². The van der Waals surface area contributed by atoms with Gasteiger partial charge in [0, 0.05) is 30.4 Å². The van der Waals surface area contributed by atoms with Crippen molar-refractivity contribution in [3.8, 4) is 17.1 Å². The topological polar surface area (TPSA) is 58.6 Å². The molecule has 2 fully saturated rings. The van der Waals surface area contributed by atoms with E-state index in [4.69, 9.17) is 9.72 Å². The molecule has 34 heavy (non-hydrogen) atoms. The summed E-state index contributed by atoms with van der Waals surface area (Å²) >= 11 is 0. The number of methoxy groups -OCH3 is 1. The molecule has 2 aliphatic heterocycles. The molecule has 2 aliphatic rings. The fourth-order valence-corrected chi connectivity index (χ4v) is 5.16. The van der Waals surface area contributed by atoms with Crippen molar-refractivity contribution in [2.24, 2.45) is 0 Å². The molecule has 1 unspecified atom stereocenters. The first-order chi connectivity index (χ1) is 16.7. The first-order valence-corrected chi connectivity index (χ1v) is 12.3. The lowest BCUT2D eigenvalue weighted by Gasteiger charge is -2.29. The Morgan fingerprint density at radius 1 is 1.00 bits per heavy atom. The lowest BCUT2D eigenvalue weighted by molar-refractivity contribution is 0.0730. The molecule has 0 saturated carbocycles. The van der Waals surface area contributed by atoms with Crippen LogP contribution in [0.4, 0.5) is 0 Å². The molecular formula is C28H32N4O2. The monoisotopic (exact) mass is 456 g/mol. The van der Waals surface area contributed by atoms with Crippen molar-refractivity contribution >= 4 is 5.91 Å². The number of likely N-dealkylation sites (tertiary alicyclic amines) is 2. The number of amides is 1. The van der Waals surface area contributed by atoms with Gasteiger partial charge in [0.05, 0.1) is 18.8 Å². The summed E-state index contributed by atoms with van der Waals surface area (Å²) in [5.41, 5.74) is 3.75. The number of carbonyl (C=O) groups excluding carboxylic acids is 1. The molecule has 6 nitrogen and oxygen atoms in total. The highest BCUT2D eigenvalue weighted by molar-refractivity contribution is 5.96. The van der Waals surface area contributed by atoms with Crippen molar-refractivity contribution in [1.29, 1.82) is 0 Å². The number of aromatic nitrogens is 2. The second-order valence-corrected chi connectivity index (χ2v) is 9.19. The van der Waals surface area contributed by atoms with Gasteiger partial charge >= 0.3 is 0 Å². The van der Waals surface area contributed by atoms with Crippen molar-refractivity contribution in [1.82, 2.24) is 19.8 Å². The van der Waals surface area contributed by atoms with Crippen LogP contribution in [-0.2, 0) is 6.54 Å². The minimum Gasteiger partial charge on any atom is -0.497 e. The van der Waals surface area contributed by atoms with Gasteiger partial charge in [-0.2, -0.15) is 0 Å². The van der Waals surface area contributed by atoms with Crippen LogP contribution in [0.2, 0.25) is 0 Å². The summed E-state index contributed by atoms with van der Waals surface area (Å²) in [6.45, 7) is 3.82. The zero-order chi connectivity index (χ0) is 23.3. The molecule has 0 bridgehead atoms. The predicted octanol–water partition coefficient (Wildman–Crippen LogP) is 5.12. The number of piperidine rings is 1. The summed E-state index contributed by atoms with van der Waals surface area (Å²) in [4.78, 5) is 27.6. The van der Waals surface area contributed by atoms with E-state index in [9.17, 15) is 4.79 Å². The van der Waals surface area contributed by atoms with Gasteiger partial charge in [-0.15, -0.1) is 0 Å². The lowest BCUT2D eigenvalue weighted by atomic mass is 10.0. The Morgan fingerprint density at radius 2 is 1.85 bits per heavy atom. The maximum absolute atomic E-state index is 13.8. The van der Waals surface area contributed by atoms with Crippen LogP contribution in [0.25, 0.3) is 11.4 Å². The van der Waals surface area contributed by atoms with Crippen molar-refractivity contribution in [3.63, 3.8) is 0 Å². The number of rotatable bonds is 6. The highest BCUT2D eigenvalue weighted by atomic mass is 16.5. The van der Waals surface area contributed by atoms with Crippen molar-refractivity contribution < 1.29 is 9.53 Å². The Bertz CT molecular complexity index is 1140. The van der Waals surface area contributed by atoms with E-state index in [2.05, 4.69) is 16.0 Å². The third-order valence-corrected chi connectivity index (χ3v) is 6.95. The Labute approximate surface area is 201 Å². The molecular weight excluding hydrogens is 424 g/mol. The van der Waals surface area contributed by atoms with Gasteiger partial charge in [-0.1, -0.05) is 36.8 Å². The number of benzene rings is 2. The predicted molar refractivity (Wildman–Crippen MR) is 133 cm³/mol. The highest BCUT2D eigenvalue weighted by Gasteiger charge is 2.33. The average Bonchev–Trinajstić information content (AvgIpc) is 3.39. The summed E-state index contributed by atoms with van der Waals surface area (Å²) < 4.78 is 5.36. The maximum Gasteiger partial charge on any atom is 0.254 e. The Kier molecular flexibility index (Phi) is 6.86. The fourth-order valence-electron chi connectivity index (χ4n) is 5.16. The molecule has 6 heteroatoms. The Balaban J connectivity index is 1.39. The van der Waals surface area contributed by atoms with Crippen molar-refractivity contribution in [2.45, 2.75) is 44.7 Å². The second kappa shape index (κ2) is 10.3. The van der Waals surface area contributed by atoms with E-state index in [1.807, 2.05) is 53.4 Å². The number of carbonyl (C=O) groups is 1. The quantitative estimate of drug-likeness (QED) is 0.516. The molecule has 1 amide bonds. The number of hydrogen-bond acceptors (Lipinski definition) is 5. The molecule has 3 heterocycles. The molecule has 176 valence electrons. The summed E-state index contributed by atoms with van der Waals surface area (Å²) in [6.07, 6.45) is 7.48. The largest absolute Gasteiger partial charge is 0.497 e. The Hall–Kier alpha value is -3.25. The Morgan fingerprint density at radius 3 is 2.71 bits per heavy atom. The molecule has 3 aromatic rings. The van der Waals surface area contributed by atoms with Crippen LogP contribution in [-0.4, -0.2) is 52.4 Å². The summed E-state index contributed by atoms with van der Waals surface area (Å²) in [5, 5.41) is 0. The summed E-state index contributed by atoms with van der Waals surface area (Å²) in [6, 6.07) is 17.8. The minimum atomic E-state index is -0.0390. The normalized spacial score (nSPS) is 18.7. The smallest absolute Gasteiger partial charge is 0.254 e. The number of nitrogens with zero attached hydrogens (tertiary/aromatic N) is 4. The van der Waals surface area contributed by atoms with E-state index in [1.165, 1.54) is 19.3 Å². The van der Waals surface area contributed by atoms with Crippen LogP contribution >= 0.6 is 0 Å². The molecule has 1 aromatic heterocycles. The van der Waals surface area contributed by atoms with Crippen LogP contribution in [0.1, 0.15) is 59.8 Å². The maximum atomic E-state index is 13.8. The third-order valence-electron chi connectivity index (χ3n) is 6.95. The van der Waals surface area contributed by atoms with Crippen molar-refractivity contribution in [3.05, 3.63) is 77.6 Å². The zero-order valence-corrected chi connectivity index (χ0v) is 19.8. The molecule has 0 spiro atoms. The standard InChI is InChI=1S/C28H32N4O2/c1-34-23-11-7-10-21(19-23)27-29-15-14-25(30-27)26-13-8-18-32(26)28(33)24-12-4-3-9-22(24)20-31-16-5-2-6-17-31/h3-4,7,9-12,14-15,19,26H,2,5-6,8,13,16-18,20H2,1H3. The molecule has 1 atom stereocenters. The molecule has 0 radical (unpaired) electrons. The van der Waals surface area contributed by atoms with E-state index < -0.39 is 0 Å². The molecule has 5 rings (SSSR count). The van der Waals surface area contributed by atoms with Gasteiger partial charge in [0.1, 0.15) is 5.75 Å². The van der Waals surface area contributed by atoms with Gasteiger partial charge < -0.3 is 9.64 Å². The third kappa shape index (κ3) is 4.82. The van der Waals surface area contributed by atoms with Gasteiger partial charge in [0.25, 0.3) is 5.91 Å². The van der Waals surface area contributed by atoms with E-state index in [0.717, 1.165) is 67.2 Å². The number of ether oxygens (including phenoxy) is 1. The molecule has 2 aromatic carbocycles. The van der Waals surface area contributed by atoms with Gasteiger partial charge in [-0.3, -0.25) is 9.69 Å². The van der Waals surface area contributed by atoms with Gasteiger partial charge in [-0.25, -0.2) is 9.97 Å². The first-order valence-electron chi connectivity index (χ1n) is 12.3. The van der Waals surface area contributed by atoms with E-state index >= 15 is 0 Å². The fraction of sp³-hybridized carbons (Fsp3) is 0.393. The van der Waals surface area contributed by atoms with Crippen LogP contribution < -0.4 is 4.74 Å².